The van der Waals surface area contributed by atoms with Crippen LogP contribution in [0.3, 0.4) is 0 Å². The van der Waals surface area contributed by atoms with Crippen LogP contribution in [0.4, 0.5) is 0 Å². The van der Waals surface area contributed by atoms with Gasteiger partial charge < -0.3 is 10.2 Å². The van der Waals surface area contributed by atoms with Gasteiger partial charge >= 0.3 is 0 Å². The monoisotopic (exact) mass is 144 g/mol. The van der Waals surface area contributed by atoms with Crippen molar-refractivity contribution in [3.8, 4) is 0 Å². The van der Waals surface area contributed by atoms with Crippen molar-refractivity contribution in [1.29, 1.82) is 0 Å². The molecular formula is C8H20N2. The second-order valence-electron chi connectivity index (χ2n) is 2.87. The minimum Gasteiger partial charge on any atom is -0.317 e. The molecule has 0 atom stereocenters. The van der Waals surface area contributed by atoms with Gasteiger partial charge in [0.25, 0.3) is 0 Å². The number of likely N-dealkylation sites (tertiary alicyclic amines) is 1. The number of hydrogen-bond acceptors (Lipinski definition) is 2. The summed E-state index contributed by atoms with van der Waals surface area (Å²) in [5.41, 5.74) is 0. The van der Waals surface area contributed by atoms with Gasteiger partial charge in [0.15, 0.2) is 0 Å². The summed E-state index contributed by atoms with van der Waals surface area (Å²) >= 11 is 0. The highest BCUT2D eigenvalue weighted by Crippen LogP contribution is 2.06. The number of piperidine rings is 1. The molecule has 0 unspecified atom stereocenters. The van der Waals surface area contributed by atoms with Gasteiger partial charge in [-0.05, 0) is 40.0 Å². The average molecular weight is 144 g/mol. The molecule has 1 aliphatic rings. The Hall–Kier alpha value is -0.0800. The van der Waals surface area contributed by atoms with Gasteiger partial charge in [-0.15, -0.1) is 0 Å². The van der Waals surface area contributed by atoms with Crippen LogP contribution >= 0.6 is 0 Å². The fourth-order valence-corrected chi connectivity index (χ4v) is 1.30. The number of nitrogens with one attached hydrogen (secondary N) is 1. The first-order valence-corrected chi connectivity index (χ1v) is 3.68. The van der Waals surface area contributed by atoms with Crippen molar-refractivity contribution in [1.82, 2.24) is 10.2 Å². The first-order valence-electron chi connectivity index (χ1n) is 3.68. The van der Waals surface area contributed by atoms with Crippen LogP contribution in [-0.4, -0.2) is 38.1 Å². The summed E-state index contributed by atoms with van der Waals surface area (Å²) in [4.78, 5) is 2.38. The highest BCUT2D eigenvalue weighted by atomic mass is 15.1. The van der Waals surface area contributed by atoms with E-state index in [2.05, 4.69) is 24.3 Å². The molecule has 0 aromatic carbocycles. The lowest BCUT2D eigenvalue weighted by molar-refractivity contribution is 0.240. The molecule has 0 aromatic heterocycles. The minimum absolute atomic E-state index is 0. The molecule has 1 rings (SSSR count). The van der Waals surface area contributed by atoms with E-state index in [1.165, 1.54) is 25.9 Å². The molecule has 2 heteroatoms. The van der Waals surface area contributed by atoms with Crippen LogP contribution in [0.1, 0.15) is 20.3 Å². The molecule has 0 amide bonds. The molecule has 0 aliphatic carbocycles. The summed E-state index contributed by atoms with van der Waals surface area (Å²) in [7, 11) is 4.24. The van der Waals surface area contributed by atoms with Crippen molar-refractivity contribution < 1.29 is 0 Å². The summed E-state index contributed by atoms with van der Waals surface area (Å²) in [5.74, 6) is 0. The van der Waals surface area contributed by atoms with Crippen molar-refractivity contribution in [2.45, 2.75) is 26.3 Å². The quantitative estimate of drug-likeness (QED) is 0.589. The molecular weight excluding hydrogens is 124 g/mol. The van der Waals surface area contributed by atoms with E-state index in [-0.39, 0.29) is 7.43 Å². The Morgan fingerprint density at radius 3 is 2.20 bits per heavy atom. The van der Waals surface area contributed by atoms with E-state index in [1.807, 2.05) is 0 Å². The van der Waals surface area contributed by atoms with E-state index < -0.39 is 0 Å². The Morgan fingerprint density at radius 2 is 1.80 bits per heavy atom. The summed E-state index contributed by atoms with van der Waals surface area (Å²) in [6.07, 6.45) is 2.62. The lowest BCUT2D eigenvalue weighted by Gasteiger charge is -2.28. The Kier molecular flexibility index (Phi) is 4.65. The van der Waals surface area contributed by atoms with Gasteiger partial charge in [0.2, 0.25) is 0 Å². The van der Waals surface area contributed by atoms with Crippen LogP contribution in [0.2, 0.25) is 0 Å². The third kappa shape index (κ3) is 2.67. The van der Waals surface area contributed by atoms with Crippen molar-refractivity contribution >= 4 is 0 Å². The standard InChI is InChI=1S/C7H16N2.CH4/c1-8-7-3-5-9(2)6-4-7;/h7-8H,3-6H2,1-2H3;1H4. The molecule has 2 nitrogen and oxygen atoms in total. The summed E-state index contributed by atoms with van der Waals surface area (Å²) < 4.78 is 0. The summed E-state index contributed by atoms with van der Waals surface area (Å²) in [6.45, 7) is 2.51. The van der Waals surface area contributed by atoms with E-state index in [1.54, 1.807) is 0 Å². The molecule has 0 saturated carbocycles. The predicted molar refractivity (Wildman–Crippen MR) is 46.3 cm³/mol. The molecule has 1 heterocycles. The Morgan fingerprint density at radius 1 is 1.30 bits per heavy atom. The highest BCUT2D eigenvalue weighted by Gasteiger charge is 2.13. The second-order valence-corrected chi connectivity index (χ2v) is 2.87. The van der Waals surface area contributed by atoms with Crippen LogP contribution in [-0.2, 0) is 0 Å². The molecule has 1 N–H and O–H groups in total. The maximum Gasteiger partial charge on any atom is 0.00884 e. The van der Waals surface area contributed by atoms with E-state index in [0.717, 1.165) is 6.04 Å². The normalized spacial score (nSPS) is 22.2. The third-order valence-electron chi connectivity index (χ3n) is 2.13. The third-order valence-corrected chi connectivity index (χ3v) is 2.13. The molecule has 0 aromatic rings. The Labute approximate surface area is 64.6 Å². The summed E-state index contributed by atoms with van der Waals surface area (Å²) in [6, 6.07) is 0.779. The van der Waals surface area contributed by atoms with Crippen molar-refractivity contribution in [2.24, 2.45) is 0 Å². The lowest BCUT2D eigenvalue weighted by atomic mass is 10.1. The van der Waals surface area contributed by atoms with E-state index >= 15 is 0 Å². The topological polar surface area (TPSA) is 15.3 Å². The van der Waals surface area contributed by atoms with Gasteiger partial charge in [-0.1, -0.05) is 7.43 Å². The van der Waals surface area contributed by atoms with E-state index in [0.29, 0.717) is 0 Å². The fraction of sp³-hybridized carbons (Fsp3) is 1.00. The molecule has 0 bridgehead atoms. The zero-order valence-corrected chi connectivity index (χ0v) is 6.35. The van der Waals surface area contributed by atoms with E-state index in [9.17, 15) is 0 Å². The first kappa shape index (κ1) is 9.92. The largest absolute Gasteiger partial charge is 0.317 e. The van der Waals surface area contributed by atoms with Crippen molar-refractivity contribution in [3.63, 3.8) is 0 Å². The maximum atomic E-state index is 3.30. The molecule has 0 spiro atoms. The van der Waals surface area contributed by atoms with E-state index in [4.69, 9.17) is 0 Å². The van der Waals surface area contributed by atoms with Crippen molar-refractivity contribution in [2.75, 3.05) is 27.2 Å². The first-order chi connectivity index (χ1) is 4.33. The van der Waals surface area contributed by atoms with Crippen LogP contribution in [0.25, 0.3) is 0 Å². The lowest BCUT2D eigenvalue weighted by Crippen LogP contribution is -2.39. The zero-order chi connectivity index (χ0) is 6.69. The fourth-order valence-electron chi connectivity index (χ4n) is 1.30. The van der Waals surface area contributed by atoms with Crippen LogP contribution in [0.5, 0.6) is 0 Å². The number of rotatable bonds is 1. The van der Waals surface area contributed by atoms with Gasteiger partial charge in [0, 0.05) is 6.04 Å². The molecule has 0 radical (unpaired) electrons. The second kappa shape index (κ2) is 4.69. The van der Waals surface area contributed by atoms with Crippen LogP contribution in [0.15, 0.2) is 0 Å². The Balaban J connectivity index is 0.000000810. The number of nitrogens with zero attached hydrogens (tertiary/aromatic N) is 1. The van der Waals surface area contributed by atoms with Crippen LogP contribution < -0.4 is 5.32 Å². The van der Waals surface area contributed by atoms with Gasteiger partial charge in [0.1, 0.15) is 0 Å². The van der Waals surface area contributed by atoms with Gasteiger partial charge in [-0.25, -0.2) is 0 Å². The minimum atomic E-state index is 0. The molecule has 1 aliphatic heterocycles. The van der Waals surface area contributed by atoms with Gasteiger partial charge in [0.05, 0.1) is 0 Å². The smallest absolute Gasteiger partial charge is 0.00884 e. The average Bonchev–Trinajstić information content (AvgIpc) is 1.90. The van der Waals surface area contributed by atoms with Gasteiger partial charge in [-0.3, -0.25) is 0 Å². The Bertz CT molecular complexity index is 75.3. The molecule has 10 heavy (non-hydrogen) atoms. The van der Waals surface area contributed by atoms with Gasteiger partial charge in [-0.2, -0.15) is 0 Å². The van der Waals surface area contributed by atoms with Crippen molar-refractivity contribution in [3.05, 3.63) is 0 Å². The highest BCUT2D eigenvalue weighted by molar-refractivity contribution is 4.73. The SMILES string of the molecule is C.CNC1CCN(C)CC1. The molecule has 1 fully saturated rings. The predicted octanol–water partition coefficient (Wildman–Crippen LogP) is 0.936. The molecule has 62 valence electrons. The summed E-state index contributed by atoms with van der Waals surface area (Å²) in [5, 5.41) is 3.30. The zero-order valence-electron chi connectivity index (χ0n) is 6.35. The number of hydrogen-bond donors (Lipinski definition) is 1. The molecule has 1 saturated heterocycles. The maximum absolute atomic E-state index is 3.30. The van der Waals surface area contributed by atoms with Crippen LogP contribution in [0, 0.1) is 0 Å².